The number of benzene rings is 2. The number of hydrogen-bond acceptors (Lipinski definition) is 6. The smallest absolute Gasteiger partial charge is 0.173 e. The first kappa shape index (κ1) is 20.2. The quantitative estimate of drug-likeness (QED) is 0.640. The Bertz CT molecular complexity index is 1050. The van der Waals surface area contributed by atoms with Crippen molar-refractivity contribution < 1.29 is 9.47 Å². The molecule has 0 spiro atoms. The summed E-state index contributed by atoms with van der Waals surface area (Å²) in [4.78, 5) is 13.4. The van der Waals surface area contributed by atoms with E-state index >= 15 is 0 Å². The maximum atomic E-state index is 5.62. The van der Waals surface area contributed by atoms with Gasteiger partial charge in [-0.15, -0.1) is 0 Å². The predicted molar refractivity (Wildman–Crippen MR) is 124 cm³/mol. The van der Waals surface area contributed by atoms with Gasteiger partial charge >= 0.3 is 0 Å². The van der Waals surface area contributed by atoms with E-state index in [1.54, 1.807) is 20.5 Å². The highest BCUT2D eigenvalue weighted by molar-refractivity contribution is 7.80. The SMILES string of the molecule is COc1cc2ncnc(N3CCN(C(=S)Nc4ccc(C)cc4)CC3)c2cc1OC. The van der Waals surface area contributed by atoms with Crippen LogP contribution in [-0.4, -0.2) is 60.4 Å². The third-order valence-electron chi connectivity index (χ3n) is 5.29. The normalized spacial score (nSPS) is 14.0. The highest BCUT2D eigenvalue weighted by Gasteiger charge is 2.22. The van der Waals surface area contributed by atoms with Crippen molar-refractivity contribution in [2.45, 2.75) is 6.92 Å². The van der Waals surface area contributed by atoms with Gasteiger partial charge in [0.25, 0.3) is 0 Å². The van der Waals surface area contributed by atoms with E-state index in [9.17, 15) is 0 Å². The van der Waals surface area contributed by atoms with Gasteiger partial charge in [0.2, 0.25) is 0 Å². The lowest BCUT2D eigenvalue weighted by Crippen LogP contribution is -2.50. The lowest BCUT2D eigenvalue weighted by Gasteiger charge is -2.37. The maximum absolute atomic E-state index is 5.62. The van der Waals surface area contributed by atoms with Gasteiger partial charge in [0.1, 0.15) is 12.1 Å². The Kier molecular flexibility index (Phi) is 5.85. The van der Waals surface area contributed by atoms with E-state index in [1.165, 1.54) is 5.56 Å². The Morgan fingerprint density at radius 1 is 0.967 bits per heavy atom. The second-order valence-corrected chi connectivity index (χ2v) is 7.58. The molecule has 1 aliphatic heterocycles. The number of anilines is 2. The number of nitrogens with zero attached hydrogens (tertiary/aromatic N) is 4. The van der Waals surface area contributed by atoms with E-state index < -0.39 is 0 Å². The van der Waals surface area contributed by atoms with Crippen molar-refractivity contribution in [1.29, 1.82) is 0 Å². The molecule has 4 rings (SSSR count). The summed E-state index contributed by atoms with van der Waals surface area (Å²) in [5.74, 6) is 2.23. The van der Waals surface area contributed by atoms with E-state index in [2.05, 4.69) is 44.1 Å². The predicted octanol–water partition coefficient (Wildman–Crippen LogP) is 3.47. The number of aryl methyl sites for hydroxylation is 1. The average molecular weight is 424 g/mol. The summed E-state index contributed by atoms with van der Waals surface area (Å²) in [6.07, 6.45) is 1.60. The second-order valence-electron chi connectivity index (χ2n) is 7.19. The van der Waals surface area contributed by atoms with E-state index in [-0.39, 0.29) is 0 Å². The molecule has 0 radical (unpaired) electrons. The average Bonchev–Trinajstić information content (AvgIpc) is 2.79. The van der Waals surface area contributed by atoms with Crippen LogP contribution in [-0.2, 0) is 0 Å². The van der Waals surface area contributed by atoms with Crippen LogP contribution in [0.15, 0.2) is 42.7 Å². The first-order valence-electron chi connectivity index (χ1n) is 9.83. The van der Waals surface area contributed by atoms with Crippen LogP contribution in [0.2, 0.25) is 0 Å². The Labute approximate surface area is 181 Å². The van der Waals surface area contributed by atoms with E-state index in [0.717, 1.165) is 53.7 Å². The zero-order valence-corrected chi connectivity index (χ0v) is 18.2. The Morgan fingerprint density at radius 3 is 2.30 bits per heavy atom. The largest absolute Gasteiger partial charge is 0.493 e. The molecule has 156 valence electrons. The van der Waals surface area contributed by atoms with Crippen LogP contribution in [0.3, 0.4) is 0 Å². The highest BCUT2D eigenvalue weighted by Crippen LogP contribution is 2.34. The fraction of sp³-hybridized carbons (Fsp3) is 0.318. The number of methoxy groups -OCH3 is 2. The lowest BCUT2D eigenvalue weighted by atomic mass is 10.2. The molecule has 2 aromatic carbocycles. The fourth-order valence-corrected chi connectivity index (χ4v) is 3.88. The fourth-order valence-electron chi connectivity index (χ4n) is 3.58. The summed E-state index contributed by atoms with van der Waals surface area (Å²) in [6, 6.07) is 12.1. The molecule has 0 aliphatic carbocycles. The molecule has 0 saturated carbocycles. The molecule has 3 aromatic rings. The third-order valence-corrected chi connectivity index (χ3v) is 5.65. The topological polar surface area (TPSA) is 62.8 Å². The van der Waals surface area contributed by atoms with Crippen molar-refractivity contribution in [1.82, 2.24) is 14.9 Å². The minimum absolute atomic E-state index is 0.659. The Balaban J connectivity index is 1.48. The van der Waals surface area contributed by atoms with Crippen LogP contribution >= 0.6 is 12.2 Å². The van der Waals surface area contributed by atoms with Crippen molar-refractivity contribution in [2.75, 3.05) is 50.6 Å². The van der Waals surface area contributed by atoms with Gasteiger partial charge in [-0.3, -0.25) is 0 Å². The zero-order chi connectivity index (χ0) is 21.1. The van der Waals surface area contributed by atoms with Crippen molar-refractivity contribution >= 4 is 39.7 Å². The molecular weight excluding hydrogens is 398 g/mol. The maximum Gasteiger partial charge on any atom is 0.173 e. The van der Waals surface area contributed by atoms with Crippen LogP contribution in [0, 0.1) is 6.92 Å². The third kappa shape index (κ3) is 4.09. The van der Waals surface area contributed by atoms with Gasteiger partial charge in [0.05, 0.1) is 19.7 Å². The lowest BCUT2D eigenvalue weighted by molar-refractivity contribution is 0.355. The number of nitrogens with one attached hydrogen (secondary N) is 1. The summed E-state index contributed by atoms with van der Waals surface area (Å²) >= 11 is 5.62. The molecule has 1 saturated heterocycles. The van der Waals surface area contributed by atoms with E-state index in [1.807, 2.05) is 24.3 Å². The molecule has 1 aromatic heterocycles. The van der Waals surface area contributed by atoms with Gasteiger partial charge in [0.15, 0.2) is 16.6 Å². The summed E-state index contributed by atoms with van der Waals surface area (Å²) in [5.41, 5.74) is 3.07. The van der Waals surface area contributed by atoms with E-state index in [0.29, 0.717) is 11.5 Å². The van der Waals surface area contributed by atoms with Crippen molar-refractivity contribution in [3.05, 3.63) is 48.3 Å². The first-order chi connectivity index (χ1) is 14.6. The molecule has 8 heteroatoms. The molecule has 0 amide bonds. The van der Waals surface area contributed by atoms with Crippen molar-refractivity contribution in [2.24, 2.45) is 0 Å². The van der Waals surface area contributed by atoms with Crippen LogP contribution in [0.25, 0.3) is 10.9 Å². The summed E-state index contributed by atoms with van der Waals surface area (Å²) in [6.45, 7) is 5.34. The molecular formula is C22H25N5O2S. The Morgan fingerprint density at radius 2 is 1.63 bits per heavy atom. The molecule has 1 fully saturated rings. The monoisotopic (exact) mass is 423 g/mol. The number of ether oxygens (including phenoxy) is 2. The number of fused-ring (bicyclic) bond motifs is 1. The number of aromatic nitrogens is 2. The van der Waals surface area contributed by atoms with Crippen LogP contribution in [0.5, 0.6) is 11.5 Å². The number of thiocarbonyl (C=S) groups is 1. The van der Waals surface area contributed by atoms with Crippen molar-refractivity contribution in [3.8, 4) is 11.5 Å². The molecule has 0 atom stereocenters. The van der Waals surface area contributed by atoms with Gasteiger partial charge in [-0.2, -0.15) is 0 Å². The van der Waals surface area contributed by atoms with Gasteiger partial charge in [-0.25, -0.2) is 9.97 Å². The van der Waals surface area contributed by atoms with Crippen LogP contribution in [0.1, 0.15) is 5.56 Å². The minimum Gasteiger partial charge on any atom is -0.493 e. The molecule has 1 N–H and O–H groups in total. The Hall–Kier alpha value is -3.13. The number of piperazine rings is 1. The van der Waals surface area contributed by atoms with Gasteiger partial charge < -0.3 is 24.6 Å². The van der Waals surface area contributed by atoms with Gasteiger partial charge in [-0.1, -0.05) is 17.7 Å². The number of rotatable bonds is 4. The molecule has 30 heavy (non-hydrogen) atoms. The van der Waals surface area contributed by atoms with Gasteiger partial charge in [-0.05, 0) is 37.3 Å². The minimum atomic E-state index is 0.659. The standard InChI is InChI=1S/C22H25N5O2S/c1-15-4-6-16(7-5-15)25-22(30)27-10-8-26(9-11-27)21-17-12-19(28-2)20(29-3)13-18(17)23-14-24-21/h4-7,12-14H,8-11H2,1-3H3,(H,25,30). The zero-order valence-electron chi connectivity index (χ0n) is 17.4. The summed E-state index contributed by atoms with van der Waals surface area (Å²) in [5, 5.41) is 5.03. The second kappa shape index (κ2) is 8.71. The molecule has 2 heterocycles. The highest BCUT2D eigenvalue weighted by atomic mass is 32.1. The summed E-state index contributed by atoms with van der Waals surface area (Å²) < 4.78 is 10.9. The first-order valence-corrected chi connectivity index (χ1v) is 10.2. The summed E-state index contributed by atoms with van der Waals surface area (Å²) in [7, 11) is 3.26. The van der Waals surface area contributed by atoms with Crippen LogP contribution in [0.4, 0.5) is 11.5 Å². The molecule has 0 bridgehead atoms. The van der Waals surface area contributed by atoms with Crippen LogP contribution < -0.4 is 19.7 Å². The van der Waals surface area contributed by atoms with E-state index in [4.69, 9.17) is 21.7 Å². The molecule has 1 aliphatic rings. The van der Waals surface area contributed by atoms with Gasteiger partial charge in [0, 0.05) is 43.3 Å². The van der Waals surface area contributed by atoms with Crippen molar-refractivity contribution in [3.63, 3.8) is 0 Å². The molecule has 0 unspecified atom stereocenters. The number of hydrogen-bond donors (Lipinski definition) is 1. The molecule has 7 nitrogen and oxygen atoms in total.